The van der Waals surface area contributed by atoms with E-state index in [-0.39, 0.29) is 5.25 Å². The minimum atomic E-state index is -0.539. The molecule has 5 heteroatoms. The monoisotopic (exact) mass is 190 g/mol. The van der Waals surface area contributed by atoms with Gasteiger partial charge in [-0.25, -0.2) is 4.79 Å². The minimum absolute atomic E-state index is 0.273. The number of amides is 1. The highest BCUT2D eigenvalue weighted by atomic mass is 32.2. The molecule has 1 amide bonds. The van der Waals surface area contributed by atoms with Gasteiger partial charge in [0.2, 0.25) is 0 Å². The standard InChI is InChI=1S/C7H14N2O2S/c1-5(6(2)12-4)9-11-7(10)8-3/h6H,1-4H3,(H,8,10)/b9-5-/t6-/m0/s1. The van der Waals surface area contributed by atoms with Crippen LogP contribution in [-0.4, -0.2) is 30.4 Å². The van der Waals surface area contributed by atoms with Crippen LogP contribution in [0.3, 0.4) is 0 Å². The highest BCUT2D eigenvalue weighted by Crippen LogP contribution is 2.06. The van der Waals surface area contributed by atoms with Gasteiger partial charge in [-0.05, 0) is 20.1 Å². The van der Waals surface area contributed by atoms with Gasteiger partial charge in [0.25, 0.3) is 0 Å². The van der Waals surface area contributed by atoms with Crippen LogP contribution >= 0.6 is 11.8 Å². The zero-order chi connectivity index (χ0) is 9.56. The highest BCUT2D eigenvalue weighted by molar-refractivity contribution is 7.99. The summed E-state index contributed by atoms with van der Waals surface area (Å²) in [7, 11) is 1.49. The lowest BCUT2D eigenvalue weighted by Gasteiger charge is -2.05. The van der Waals surface area contributed by atoms with Crippen molar-refractivity contribution in [2.24, 2.45) is 5.16 Å². The molecule has 1 N–H and O–H groups in total. The Bertz CT molecular complexity index is 182. The Hall–Kier alpha value is -0.710. The summed E-state index contributed by atoms with van der Waals surface area (Å²) < 4.78 is 0. The summed E-state index contributed by atoms with van der Waals surface area (Å²) in [5, 5.41) is 6.22. The van der Waals surface area contributed by atoms with Crippen molar-refractivity contribution in [1.82, 2.24) is 5.32 Å². The molecule has 0 aliphatic heterocycles. The van der Waals surface area contributed by atoms with Gasteiger partial charge in [0.1, 0.15) is 0 Å². The Morgan fingerprint density at radius 3 is 2.67 bits per heavy atom. The molecule has 0 saturated heterocycles. The molecule has 1 atom stereocenters. The maximum Gasteiger partial charge on any atom is 0.433 e. The van der Waals surface area contributed by atoms with Gasteiger partial charge in [-0.3, -0.25) is 4.84 Å². The van der Waals surface area contributed by atoms with E-state index in [1.807, 2.05) is 20.1 Å². The summed E-state index contributed by atoms with van der Waals surface area (Å²) in [5.41, 5.74) is 0.797. The number of nitrogens with zero attached hydrogens (tertiary/aromatic N) is 1. The van der Waals surface area contributed by atoms with Gasteiger partial charge in [-0.2, -0.15) is 11.8 Å². The maximum absolute atomic E-state index is 10.6. The quantitative estimate of drug-likeness (QED) is 0.416. The number of rotatable bonds is 3. The number of thioether (sulfide) groups is 1. The van der Waals surface area contributed by atoms with Crippen molar-refractivity contribution < 1.29 is 9.63 Å². The second-order valence-electron chi connectivity index (χ2n) is 2.24. The lowest BCUT2D eigenvalue weighted by Crippen LogP contribution is -2.18. The van der Waals surface area contributed by atoms with E-state index < -0.39 is 6.09 Å². The van der Waals surface area contributed by atoms with Crippen LogP contribution < -0.4 is 5.32 Å². The van der Waals surface area contributed by atoms with Crippen molar-refractivity contribution in [1.29, 1.82) is 0 Å². The van der Waals surface area contributed by atoms with Gasteiger partial charge < -0.3 is 5.32 Å². The van der Waals surface area contributed by atoms with E-state index in [2.05, 4.69) is 15.3 Å². The first kappa shape index (κ1) is 11.3. The summed E-state index contributed by atoms with van der Waals surface area (Å²) in [6.45, 7) is 3.82. The lowest BCUT2D eigenvalue weighted by atomic mass is 10.3. The molecule has 0 bridgehead atoms. The average Bonchev–Trinajstić information content (AvgIpc) is 2.11. The van der Waals surface area contributed by atoms with Crippen molar-refractivity contribution in [3.8, 4) is 0 Å². The number of carbonyl (C=O) groups is 1. The molecule has 12 heavy (non-hydrogen) atoms. The first-order chi connectivity index (χ1) is 5.61. The zero-order valence-electron chi connectivity index (χ0n) is 7.75. The van der Waals surface area contributed by atoms with Crippen molar-refractivity contribution in [2.75, 3.05) is 13.3 Å². The molecule has 0 aromatic rings. The third-order valence-corrected chi connectivity index (χ3v) is 2.47. The first-order valence-electron chi connectivity index (χ1n) is 3.57. The van der Waals surface area contributed by atoms with Crippen LogP contribution in [-0.2, 0) is 4.84 Å². The molecule has 4 nitrogen and oxygen atoms in total. The fourth-order valence-electron chi connectivity index (χ4n) is 0.404. The van der Waals surface area contributed by atoms with E-state index in [1.54, 1.807) is 11.8 Å². The Kier molecular flexibility index (Phi) is 5.53. The molecule has 0 heterocycles. The second kappa shape index (κ2) is 5.88. The number of hydrogen-bond acceptors (Lipinski definition) is 4. The van der Waals surface area contributed by atoms with Gasteiger partial charge in [0.05, 0.1) is 5.71 Å². The Balaban J connectivity index is 3.91. The van der Waals surface area contributed by atoms with Crippen molar-refractivity contribution in [3.63, 3.8) is 0 Å². The van der Waals surface area contributed by atoms with E-state index in [0.29, 0.717) is 0 Å². The molecule has 0 spiro atoms. The van der Waals surface area contributed by atoms with E-state index in [4.69, 9.17) is 0 Å². The van der Waals surface area contributed by atoms with Crippen molar-refractivity contribution in [2.45, 2.75) is 19.1 Å². The van der Waals surface area contributed by atoms with E-state index in [1.165, 1.54) is 7.05 Å². The smallest absolute Gasteiger partial charge is 0.323 e. The fraction of sp³-hybridized carbons (Fsp3) is 0.714. The highest BCUT2D eigenvalue weighted by Gasteiger charge is 2.04. The number of nitrogens with one attached hydrogen (secondary N) is 1. The topological polar surface area (TPSA) is 50.7 Å². The predicted octanol–water partition coefficient (Wildman–Crippen LogP) is 1.47. The summed E-state index contributed by atoms with van der Waals surface area (Å²) in [6, 6.07) is 0. The van der Waals surface area contributed by atoms with Crippen LogP contribution in [0.15, 0.2) is 5.16 Å². The molecule has 0 aromatic heterocycles. The zero-order valence-corrected chi connectivity index (χ0v) is 8.57. The van der Waals surface area contributed by atoms with Crippen LogP contribution in [0.25, 0.3) is 0 Å². The van der Waals surface area contributed by atoms with Gasteiger partial charge >= 0.3 is 6.09 Å². The molecule has 0 aromatic carbocycles. The molecule has 0 unspecified atom stereocenters. The molecule has 70 valence electrons. The molecule has 0 aliphatic carbocycles. The second-order valence-corrected chi connectivity index (χ2v) is 3.42. The van der Waals surface area contributed by atoms with Crippen LogP contribution in [0.5, 0.6) is 0 Å². The van der Waals surface area contributed by atoms with E-state index >= 15 is 0 Å². The fourth-order valence-corrected chi connectivity index (χ4v) is 0.788. The van der Waals surface area contributed by atoms with Crippen molar-refractivity contribution >= 4 is 23.6 Å². The van der Waals surface area contributed by atoms with Gasteiger partial charge in [-0.15, -0.1) is 0 Å². The summed E-state index contributed by atoms with van der Waals surface area (Å²) in [6.07, 6.45) is 1.44. The van der Waals surface area contributed by atoms with E-state index in [0.717, 1.165) is 5.71 Å². The molecule has 0 aliphatic rings. The normalized spacial score (nSPS) is 13.8. The van der Waals surface area contributed by atoms with Crippen LogP contribution in [0.1, 0.15) is 13.8 Å². The summed E-state index contributed by atoms with van der Waals surface area (Å²) in [4.78, 5) is 15.1. The molecular weight excluding hydrogens is 176 g/mol. The summed E-state index contributed by atoms with van der Waals surface area (Å²) in [5.74, 6) is 0. The van der Waals surface area contributed by atoms with Gasteiger partial charge in [-0.1, -0.05) is 5.16 Å². The third kappa shape index (κ3) is 4.23. The maximum atomic E-state index is 10.6. The van der Waals surface area contributed by atoms with Crippen LogP contribution in [0.2, 0.25) is 0 Å². The third-order valence-electron chi connectivity index (χ3n) is 1.42. The first-order valence-corrected chi connectivity index (χ1v) is 4.86. The van der Waals surface area contributed by atoms with Crippen LogP contribution in [0.4, 0.5) is 4.79 Å². The Labute approximate surface area is 76.7 Å². The van der Waals surface area contributed by atoms with Crippen LogP contribution in [0, 0.1) is 0 Å². The number of oxime groups is 1. The van der Waals surface area contributed by atoms with Gasteiger partial charge in [0, 0.05) is 12.3 Å². The van der Waals surface area contributed by atoms with Crippen molar-refractivity contribution in [3.05, 3.63) is 0 Å². The molecule has 0 radical (unpaired) electrons. The predicted molar refractivity (Wildman–Crippen MR) is 51.6 cm³/mol. The SMILES string of the molecule is CNC(=O)O/N=C(/C)[C@H](C)SC. The molecule has 0 fully saturated rings. The van der Waals surface area contributed by atoms with E-state index in [9.17, 15) is 4.79 Å². The van der Waals surface area contributed by atoms with Gasteiger partial charge in [0.15, 0.2) is 0 Å². The lowest BCUT2D eigenvalue weighted by molar-refractivity contribution is 0.153. The summed E-state index contributed by atoms with van der Waals surface area (Å²) >= 11 is 1.65. The minimum Gasteiger partial charge on any atom is -0.323 e. The Morgan fingerprint density at radius 1 is 1.67 bits per heavy atom. The molecular formula is C7H14N2O2S. The Morgan fingerprint density at radius 2 is 2.25 bits per heavy atom. The average molecular weight is 190 g/mol. The largest absolute Gasteiger partial charge is 0.433 e. The number of hydrogen-bond donors (Lipinski definition) is 1. The molecule has 0 saturated carbocycles. The molecule has 0 rings (SSSR count). The number of carbonyl (C=O) groups excluding carboxylic acids is 1.